The molecule has 1 aliphatic heterocycles. The summed E-state index contributed by atoms with van der Waals surface area (Å²) in [6, 6.07) is 10.4. The Labute approximate surface area is 196 Å². The first-order valence-corrected chi connectivity index (χ1v) is 11.8. The molecule has 0 unspecified atom stereocenters. The molecule has 1 fully saturated rings. The number of H-pyrrole nitrogens is 1. The molecular formula is C22H27IN8. The van der Waals surface area contributed by atoms with Gasteiger partial charge in [0, 0.05) is 42.4 Å². The first kappa shape index (κ1) is 21.6. The van der Waals surface area contributed by atoms with E-state index in [1.165, 1.54) is 5.56 Å². The van der Waals surface area contributed by atoms with Crippen LogP contribution in [-0.4, -0.2) is 58.3 Å². The number of nitrogen functional groups attached to an aromatic ring is 1. The lowest BCUT2D eigenvalue weighted by molar-refractivity contribution is 0.312. The van der Waals surface area contributed by atoms with E-state index in [0.29, 0.717) is 23.1 Å². The second-order valence-corrected chi connectivity index (χ2v) is 8.49. The fourth-order valence-electron chi connectivity index (χ4n) is 3.40. The molecule has 2 aromatic heterocycles. The van der Waals surface area contributed by atoms with Gasteiger partial charge in [0.2, 0.25) is 0 Å². The number of benzene rings is 1. The van der Waals surface area contributed by atoms with Crippen molar-refractivity contribution < 1.29 is 0 Å². The Balaban J connectivity index is 1.66. The molecule has 162 valence electrons. The summed E-state index contributed by atoms with van der Waals surface area (Å²) in [5.41, 5.74) is 10.4. The molecule has 3 heterocycles. The van der Waals surface area contributed by atoms with Crippen LogP contribution in [-0.2, 0) is 4.43 Å². The highest BCUT2D eigenvalue weighted by atomic mass is 127. The minimum atomic E-state index is 0.536. The highest BCUT2D eigenvalue weighted by Gasteiger charge is 2.21. The van der Waals surface area contributed by atoms with Gasteiger partial charge < -0.3 is 20.9 Å². The molecule has 0 radical (unpaired) electrons. The Kier molecular flexibility index (Phi) is 6.71. The molecule has 0 aliphatic carbocycles. The summed E-state index contributed by atoms with van der Waals surface area (Å²) in [5.74, 6) is 2.61. The van der Waals surface area contributed by atoms with E-state index >= 15 is 0 Å². The molecule has 1 saturated heterocycles. The number of alkyl halides is 1. The van der Waals surface area contributed by atoms with Crippen LogP contribution in [0.2, 0.25) is 0 Å². The smallest absolute Gasteiger partial charge is 0.161 e. The molecule has 0 saturated carbocycles. The monoisotopic (exact) mass is 530 g/mol. The van der Waals surface area contributed by atoms with Crippen LogP contribution in [0.15, 0.2) is 30.3 Å². The summed E-state index contributed by atoms with van der Waals surface area (Å²) in [6.07, 6.45) is 3.96. The number of nitrogens with two attached hydrogens (primary N) is 1. The van der Waals surface area contributed by atoms with Crippen molar-refractivity contribution in [2.45, 2.75) is 11.4 Å². The van der Waals surface area contributed by atoms with E-state index in [0.717, 1.165) is 47.7 Å². The van der Waals surface area contributed by atoms with Crippen molar-refractivity contribution >= 4 is 57.9 Å². The first-order valence-electron chi connectivity index (χ1n) is 10.2. The molecule has 0 atom stereocenters. The predicted octanol–water partition coefficient (Wildman–Crippen LogP) is 3.69. The maximum atomic E-state index is 6.51. The minimum Gasteiger partial charge on any atom is -0.393 e. The quantitative estimate of drug-likeness (QED) is 0.330. The molecule has 4 rings (SSSR count). The lowest BCUT2D eigenvalue weighted by Gasteiger charge is -2.34. The van der Waals surface area contributed by atoms with Crippen molar-refractivity contribution in [3.63, 3.8) is 0 Å². The van der Waals surface area contributed by atoms with Gasteiger partial charge in [0.05, 0.1) is 0 Å². The second kappa shape index (κ2) is 9.65. The highest BCUT2D eigenvalue weighted by Crippen LogP contribution is 2.30. The largest absolute Gasteiger partial charge is 0.393 e. The Hall–Kier alpha value is -2.66. The van der Waals surface area contributed by atoms with Gasteiger partial charge in [0.15, 0.2) is 23.3 Å². The van der Waals surface area contributed by atoms with Gasteiger partial charge in [-0.2, -0.15) is 5.10 Å². The number of aryl methyl sites for hydroxylation is 1. The predicted molar refractivity (Wildman–Crippen MR) is 136 cm³/mol. The normalized spacial score (nSPS) is 15.0. The zero-order valence-electron chi connectivity index (χ0n) is 17.8. The summed E-state index contributed by atoms with van der Waals surface area (Å²) in [6.45, 7) is 5.64. The number of likely N-dealkylation sites (N-methyl/N-ethyl adjacent to an activating group) is 1. The Bertz CT molecular complexity index is 1050. The van der Waals surface area contributed by atoms with Crippen molar-refractivity contribution in [1.29, 1.82) is 0 Å². The minimum absolute atomic E-state index is 0.536. The summed E-state index contributed by atoms with van der Waals surface area (Å²) in [7, 11) is 2.13. The van der Waals surface area contributed by atoms with Crippen molar-refractivity contribution in [3.05, 3.63) is 53.0 Å². The lowest BCUT2D eigenvalue weighted by Crippen LogP contribution is -2.45. The van der Waals surface area contributed by atoms with E-state index in [9.17, 15) is 0 Å². The van der Waals surface area contributed by atoms with Crippen LogP contribution in [0.5, 0.6) is 0 Å². The molecule has 9 heteroatoms. The zero-order chi connectivity index (χ0) is 21.8. The fourth-order valence-corrected chi connectivity index (χ4v) is 3.90. The lowest BCUT2D eigenvalue weighted by atomic mass is 10.1. The molecule has 0 spiro atoms. The summed E-state index contributed by atoms with van der Waals surface area (Å²) in [4.78, 5) is 14.0. The zero-order valence-corrected chi connectivity index (χ0v) is 19.9. The molecule has 0 amide bonds. The maximum Gasteiger partial charge on any atom is 0.161 e. The van der Waals surface area contributed by atoms with E-state index < -0.39 is 0 Å². The number of aromatic amines is 1. The van der Waals surface area contributed by atoms with Crippen LogP contribution in [0.1, 0.15) is 22.6 Å². The molecule has 1 aromatic carbocycles. The number of aromatic nitrogens is 4. The number of halogens is 1. The Morgan fingerprint density at radius 1 is 1.13 bits per heavy atom. The standard InChI is InChI=1S/C22H27IN8/c1-15-13-19(29-28-15)26-21-20(24)22(31-11-9-30(2)10-12-31)27-18(25-21)8-7-16-3-5-17(14-23)6-4-16/h3-8,13H,9-12,14,24H2,1-2H3,(H2,25,26,27,28,29)/b8-7+. The summed E-state index contributed by atoms with van der Waals surface area (Å²) >= 11 is 2.37. The van der Waals surface area contributed by atoms with E-state index in [4.69, 9.17) is 10.7 Å². The molecule has 8 nitrogen and oxygen atoms in total. The van der Waals surface area contributed by atoms with Gasteiger partial charge in [-0.15, -0.1) is 0 Å². The molecule has 0 bridgehead atoms. The van der Waals surface area contributed by atoms with Gasteiger partial charge >= 0.3 is 0 Å². The van der Waals surface area contributed by atoms with E-state index in [-0.39, 0.29) is 0 Å². The van der Waals surface area contributed by atoms with Crippen LogP contribution >= 0.6 is 22.6 Å². The van der Waals surface area contributed by atoms with Gasteiger partial charge in [-0.25, -0.2) is 9.97 Å². The van der Waals surface area contributed by atoms with E-state index in [2.05, 4.69) is 84.2 Å². The van der Waals surface area contributed by atoms with Crippen molar-refractivity contribution in [2.75, 3.05) is 49.2 Å². The number of rotatable bonds is 6. The van der Waals surface area contributed by atoms with Crippen LogP contribution in [0, 0.1) is 6.92 Å². The van der Waals surface area contributed by atoms with Crippen molar-refractivity contribution in [3.8, 4) is 0 Å². The number of nitrogens with zero attached hydrogens (tertiary/aromatic N) is 5. The van der Waals surface area contributed by atoms with Crippen molar-refractivity contribution in [1.82, 2.24) is 25.1 Å². The van der Waals surface area contributed by atoms with Gasteiger partial charge in [-0.3, -0.25) is 5.10 Å². The van der Waals surface area contributed by atoms with E-state index in [1.54, 1.807) is 0 Å². The maximum absolute atomic E-state index is 6.51. The number of hydrogen-bond acceptors (Lipinski definition) is 7. The second-order valence-electron chi connectivity index (χ2n) is 7.73. The SMILES string of the molecule is Cc1cc(Nc2nc(/C=C/c3ccc(CI)cc3)nc(N3CCN(C)CC3)c2N)n[nH]1. The Morgan fingerprint density at radius 3 is 2.52 bits per heavy atom. The van der Waals surface area contributed by atoms with E-state index in [1.807, 2.05) is 25.1 Å². The van der Waals surface area contributed by atoms with Gasteiger partial charge in [-0.1, -0.05) is 52.9 Å². The molecule has 4 N–H and O–H groups in total. The van der Waals surface area contributed by atoms with Crippen LogP contribution in [0.25, 0.3) is 12.2 Å². The topological polar surface area (TPSA) is 99.0 Å². The first-order chi connectivity index (χ1) is 15.0. The number of hydrogen-bond donors (Lipinski definition) is 3. The third-order valence-electron chi connectivity index (χ3n) is 5.26. The number of piperazine rings is 1. The fraction of sp³-hybridized carbons (Fsp3) is 0.318. The highest BCUT2D eigenvalue weighted by molar-refractivity contribution is 14.1. The van der Waals surface area contributed by atoms with Crippen LogP contribution in [0.4, 0.5) is 23.1 Å². The van der Waals surface area contributed by atoms with Gasteiger partial charge in [-0.05, 0) is 31.2 Å². The third-order valence-corrected chi connectivity index (χ3v) is 6.14. The molecule has 1 aliphatic rings. The third kappa shape index (κ3) is 5.34. The molecular weight excluding hydrogens is 503 g/mol. The van der Waals surface area contributed by atoms with Crippen molar-refractivity contribution in [2.24, 2.45) is 0 Å². The van der Waals surface area contributed by atoms with Gasteiger partial charge in [0.1, 0.15) is 5.69 Å². The van der Waals surface area contributed by atoms with Crippen LogP contribution < -0.4 is 16.0 Å². The summed E-state index contributed by atoms with van der Waals surface area (Å²) < 4.78 is 0.999. The van der Waals surface area contributed by atoms with Gasteiger partial charge in [0.25, 0.3) is 0 Å². The Morgan fingerprint density at radius 2 is 1.87 bits per heavy atom. The number of anilines is 4. The van der Waals surface area contributed by atoms with Crippen LogP contribution in [0.3, 0.4) is 0 Å². The number of nitrogens with one attached hydrogen (secondary N) is 2. The summed E-state index contributed by atoms with van der Waals surface area (Å²) in [5, 5.41) is 10.4. The molecule has 3 aromatic rings. The average molecular weight is 530 g/mol. The average Bonchev–Trinajstić information content (AvgIpc) is 3.19. The molecule has 31 heavy (non-hydrogen) atoms.